The number of imidazole rings is 1. The van der Waals surface area contributed by atoms with E-state index in [1.807, 2.05) is 22.8 Å². The molecule has 0 saturated carbocycles. The van der Waals surface area contributed by atoms with Crippen LogP contribution in [0.4, 0.5) is 5.69 Å². The summed E-state index contributed by atoms with van der Waals surface area (Å²) < 4.78 is 7.70. The van der Waals surface area contributed by atoms with Crippen LogP contribution in [-0.4, -0.2) is 30.6 Å². The fourth-order valence-electron chi connectivity index (χ4n) is 1.87. The minimum atomic E-state index is -1.04. The van der Waals surface area contributed by atoms with Gasteiger partial charge in [-0.15, -0.1) is 0 Å². The zero-order valence-electron chi connectivity index (χ0n) is 12.2. The highest BCUT2D eigenvalue weighted by molar-refractivity contribution is 6.76. The highest BCUT2D eigenvalue weighted by Gasteiger charge is 2.12. The van der Waals surface area contributed by atoms with Gasteiger partial charge in [0, 0.05) is 20.4 Å². The highest BCUT2D eigenvalue weighted by Crippen LogP contribution is 2.18. The maximum Gasteiger partial charge on any atom is 0.211 e. The largest absolute Gasteiger partial charge is 0.361 e. The Morgan fingerprint density at radius 2 is 2.20 bits per heavy atom. The Hall–Kier alpha value is -1.66. The number of rotatable bonds is 7. The number of anilines is 1. The molecule has 0 radical (unpaired) electrons. The first-order valence-corrected chi connectivity index (χ1v) is 10.4. The third-order valence-corrected chi connectivity index (χ3v) is 4.78. The predicted molar refractivity (Wildman–Crippen MR) is 83.5 cm³/mol. The van der Waals surface area contributed by atoms with Gasteiger partial charge in [0.25, 0.3) is 0 Å². The summed E-state index contributed by atoms with van der Waals surface area (Å²) in [5.74, 6) is 0. The van der Waals surface area contributed by atoms with Crippen molar-refractivity contribution in [2.75, 3.05) is 11.9 Å². The monoisotopic (exact) mass is 291 g/mol. The SMILES string of the molecule is C[Si](C)(C)CCOCn1cnc2cc(NC=O)ccc21. The number of carbonyl (C=O) groups excluding carboxylic acids is 1. The zero-order chi connectivity index (χ0) is 14.6. The smallest absolute Gasteiger partial charge is 0.211 e. The fourth-order valence-corrected chi connectivity index (χ4v) is 2.62. The van der Waals surface area contributed by atoms with E-state index in [2.05, 4.69) is 29.9 Å². The molecule has 0 bridgehead atoms. The lowest BCUT2D eigenvalue weighted by Gasteiger charge is -2.15. The molecule has 0 unspecified atom stereocenters. The summed E-state index contributed by atoms with van der Waals surface area (Å²) in [6.45, 7) is 8.32. The Labute approximate surface area is 120 Å². The molecule has 108 valence electrons. The summed E-state index contributed by atoms with van der Waals surface area (Å²) in [7, 11) is -1.04. The summed E-state index contributed by atoms with van der Waals surface area (Å²) in [4.78, 5) is 14.7. The quantitative estimate of drug-likeness (QED) is 0.485. The molecular formula is C14H21N3O2Si. The van der Waals surface area contributed by atoms with E-state index in [4.69, 9.17) is 4.74 Å². The number of hydrogen-bond acceptors (Lipinski definition) is 3. The zero-order valence-corrected chi connectivity index (χ0v) is 13.2. The van der Waals surface area contributed by atoms with Crippen molar-refractivity contribution in [1.29, 1.82) is 0 Å². The molecule has 1 aromatic carbocycles. The van der Waals surface area contributed by atoms with Gasteiger partial charge in [-0.25, -0.2) is 4.98 Å². The number of ether oxygens (including phenoxy) is 1. The second kappa shape index (κ2) is 6.19. The van der Waals surface area contributed by atoms with Crippen LogP contribution < -0.4 is 5.32 Å². The van der Waals surface area contributed by atoms with Crippen LogP contribution in [0.3, 0.4) is 0 Å². The number of benzene rings is 1. The Morgan fingerprint density at radius 1 is 1.40 bits per heavy atom. The molecule has 2 rings (SSSR count). The summed E-state index contributed by atoms with van der Waals surface area (Å²) in [5.41, 5.74) is 2.61. The Kier molecular flexibility index (Phi) is 4.56. The van der Waals surface area contributed by atoms with E-state index in [-0.39, 0.29) is 0 Å². The molecule has 0 saturated heterocycles. The van der Waals surface area contributed by atoms with Gasteiger partial charge >= 0.3 is 0 Å². The van der Waals surface area contributed by atoms with Crippen molar-refractivity contribution in [1.82, 2.24) is 9.55 Å². The van der Waals surface area contributed by atoms with Gasteiger partial charge in [-0.3, -0.25) is 4.79 Å². The van der Waals surface area contributed by atoms with Gasteiger partial charge in [0.2, 0.25) is 6.41 Å². The number of nitrogens with one attached hydrogen (secondary N) is 1. The lowest BCUT2D eigenvalue weighted by atomic mass is 10.3. The summed E-state index contributed by atoms with van der Waals surface area (Å²) in [6.07, 6.45) is 2.43. The molecule has 0 aliphatic rings. The lowest BCUT2D eigenvalue weighted by molar-refractivity contribution is -0.105. The molecular weight excluding hydrogens is 270 g/mol. The Morgan fingerprint density at radius 3 is 2.90 bits per heavy atom. The van der Waals surface area contributed by atoms with Crippen LogP contribution in [0.2, 0.25) is 25.7 Å². The van der Waals surface area contributed by atoms with E-state index in [0.29, 0.717) is 13.1 Å². The number of aromatic nitrogens is 2. The van der Waals surface area contributed by atoms with Crippen LogP contribution in [0.1, 0.15) is 0 Å². The first kappa shape index (κ1) is 14.7. The van der Waals surface area contributed by atoms with Crippen molar-refractivity contribution in [2.45, 2.75) is 32.4 Å². The molecule has 1 aromatic heterocycles. The second-order valence-corrected chi connectivity index (χ2v) is 11.6. The van der Waals surface area contributed by atoms with Crippen molar-refractivity contribution in [3.05, 3.63) is 24.5 Å². The van der Waals surface area contributed by atoms with Crippen molar-refractivity contribution >= 4 is 31.2 Å². The molecule has 1 amide bonds. The van der Waals surface area contributed by atoms with Crippen LogP contribution >= 0.6 is 0 Å². The van der Waals surface area contributed by atoms with Gasteiger partial charge in [0.1, 0.15) is 6.73 Å². The van der Waals surface area contributed by atoms with Crippen LogP contribution in [0.15, 0.2) is 24.5 Å². The lowest BCUT2D eigenvalue weighted by Crippen LogP contribution is -2.21. The molecule has 1 N–H and O–H groups in total. The minimum absolute atomic E-state index is 0.515. The standard InChI is InChI=1S/C14H21N3O2Si/c1-20(2,3)7-6-19-11-17-9-15-13-8-12(16-10-18)4-5-14(13)17/h4-5,8-10H,6-7,11H2,1-3H3,(H,16,18). The van der Waals surface area contributed by atoms with Crippen molar-refractivity contribution in [3.63, 3.8) is 0 Å². The number of nitrogens with zero attached hydrogens (tertiary/aromatic N) is 2. The molecule has 5 nitrogen and oxygen atoms in total. The van der Waals surface area contributed by atoms with Gasteiger partial charge in [0.05, 0.1) is 17.4 Å². The minimum Gasteiger partial charge on any atom is -0.361 e. The highest BCUT2D eigenvalue weighted by atomic mass is 28.3. The average molecular weight is 291 g/mol. The second-order valence-electron chi connectivity index (χ2n) is 6.03. The maximum absolute atomic E-state index is 10.4. The molecule has 6 heteroatoms. The topological polar surface area (TPSA) is 56.1 Å². The molecule has 2 aromatic rings. The van der Waals surface area contributed by atoms with Crippen LogP contribution in [0.25, 0.3) is 11.0 Å². The molecule has 0 aliphatic heterocycles. The van der Waals surface area contributed by atoms with Crippen LogP contribution in [0, 0.1) is 0 Å². The summed E-state index contributed by atoms with van der Waals surface area (Å²) >= 11 is 0. The molecule has 20 heavy (non-hydrogen) atoms. The first-order valence-electron chi connectivity index (χ1n) is 6.72. The van der Waals surface area contributed by atoms with Crippen LogP contribution in [-0.2, 0) is 16.3 Å². The van der Waals surface area contributed by atoms with Gasteiger partial charge in [-0.1, -0.05) is 19.6 Å². The Balaban J connectivity index is 1.99. The molecule has 0 atom stereocenters. The fraction of sp³-hybridized carbons (Fsp3) is 0.429. The van der Waals surface area contributed by atoms with Gasteiger partial charge in [-0.05, 0) is 24.2 Å². The van der Waals surface area contributed by atoms with E-state index in [1.54, 1.807) is 6.33 Å². The van der Waals surface area contributed by atoms with Crippen molar-refractivity contribution in [2.24, 2.45) is 0 Å². The van der Waals surface area contributed by atoms with Crippen molar-refractivity contribution in [3.8, 4) is 0 Å². The van der Waals surface area contributed by atoms with Gasteiger partial charge in [0.15, 0.2) is 0 Å². The predicted octanol–water partition coefficient (Wildman–Crippen LogP) is 2.92. The number of hydrogen-bond donors (Lipinski definition) is 1. The molecule has 1 heterocycles. The van der Waals surface area contributed by atoms with Gasteiger partial charge < -0.3 is 14.6 Å². The first-order chi connectivity index (χ1) is 9.49. The maximum atomic E-state index is 10.4. The molecule has 0 spiro atoms. The number of carbonyl (C=O) groups is 1. The third kappa shape index (κ3) is 3.91. The van der Waals surface area contributed by atoms with E-state index in [9.17, 15) is 4.79 Å². The number of fused-ring (bicyclic) bond motifs is 1. The van der Waals surface area contributed by atoms with Gasteiger partial charge in [-0.2, -0.15) is 0 Å². The molecule has 0 aliphatic carbocycles. The number of amides is 1. The van der Waals surface area contributed by atoms with E-state index >= 15 is 0 Å². The normalized spacial score (nSPS) is 11.8. The summed E-state index contributed by atoms with van der Waals surface area (Å²) in [5, 5.41) is 2.62. The van der Waals surface area contributed by atoms with E-state index in [0.717, 1.165) is 29.4 Å². The summed E-state index contributed by atoms with van der Waals surface area (Å²) in [6, 6.07) is 6.81. The Bertz CT molecular complexity index is 590. The van der Waals surface area contributed by atoms with Crippen molar-refractivity contribution < 1.29 is 9.53 Å². The third-order valence-electron chi connectivity index (χ3n) is 3.07. The van der Waals surface area contributed by atoms with Crippen LogP contribution in [0.5, 0.6) is 0 Å². The average Bonchev–Trinajstić information content (AvgIpc) is 2.76. The molecule has 0 fully saturated rings. The van der Waals surface area contributed by atoms with E-state index < -0.39 is 8.07 Å². The van der Waals surface area contributed by atoms with E-state index in [1.165, 1.54) is 0 Å².